The molecule has 0 fully saturated rings. The number of sulfonamides is 1. The lowest BCUT2D eigenvalue weighted by atomic mass is 10.2. The number of nitrogens with one attached hydrogen (secondary N) is 2. The minimum absolute atomic E-state index is 0.0588. The molecule has 0 unspecified atom stereocenters. The number of carbonyl (C=O) groups is 1. The Balaban J connectivity index is 1.79. The van der Waals surface area contributed by atoms with Crippen molar-refractivity contribution in [3.05, 3.63) is 58.9 Å². The molecule has 0 aliphatic carbocycles. The molecule has 2 N–H and O–H groups in total. The Bertz CT molecular complexity index is 1150. The third-order valence-corrected chi connectivity index (χ3v) is 5.68. The first-order valence-corrected chi connectivity index (χ1v) is 10.2. The lowest BCUT2D eigenvalue weighted by Gasteiger charge is -2.10. The second-order valence-corrected chi connectivity index (χ2v) is 7.93. The number of amides is 1. The molecule has 1 amide bonds. The highest BCUT2D eigenvalue weighted by Crippen LogP contribution is 2.25. The monoisotopic (exact) mass is 436 g/mol. The van der Waals surface area contributed by atoms with Gasteiger partial charge < -0.3 is 14.6 Å². The Morgan fingerprint density at radius 2 is 2.00 bits per heavy atom. The van der Waals surface area contributed by atoms with Crippen molar-refractivity contribution in [2.24, 2.45) is 0 Å². The van der Waals surface area contributed by atoms with Crippen molar-refractivity contribution in [1.29, 1.82) is 0 Å². The average molecular weight is 437 g/mol. The molecule has 0 aliphatic rings. The van der Waals surface area contributed by atoms with E-state index in [0.717, 1.165) is 0 Å². The molecule has 152 valence electrons. The van der Waals surface area contributed by atoms with E-state index in [1.807, 2.05) is 0 Å². The summed E-state index contributed by atoms with van der Waals surface area (Å²) >= 11 is 6.10. The van der Waals surface area contributed by atoms with Gasteiger partial charge in [0.25, 0.3) is 5.91 Å². The molecule has 9 nitrogen and oxygen atoms in total. The van der Waals surface area contributed by atoms with Gasteiger partial charge in [0.2, 0.25) is 21.7 Å². The number of aromatic nitrogens is 2. The van der Waals surface area contributed by atoms with Crippen LogP contribution < -0.4 is 14.8 Å². The molecule has 0 spiro atoms. The van der Waals surface area contributed by atoms with E-state index in [9.17, 15) is 13.2 Å². The number of carbonyl (C=O) groups excluding carboxylic acids is 1. The summed E-state index contributed by atoms with van der Waals surface area (Å²) in [5.41, 5.74) is 0.661. The maximum absolute atomic E-state index is 12.6. The van der Waals surface area contributed by atoms with Crippen LogP contribution in [0, 0.1) is 0 Å². The highest BCUT2D eigenvalue weighted by Gasteiger charge is 2.20. The minimum atomic E-state index is -3.95. The van der Waals surface area contributed by atoms with Gasteiger partial charge in [-0.1, -0.05) is 28.9 Å². The molecule has 29 heavy (non-hydrogen) atoms. The van der Waals surface area contributed by atoms with E-state index in [-0.39, 0.29) is 34.5 Å². The number of methoxy groups -OCH3 is 1. The Labute approximate surface area is 172 Å². The summed E-state index contributed by atoms with van der Waals surface area (Å²) in [6, 6.07) is 10.9. The van der Waals surface area contributed by atoms with Gasteiger partial charge >= 0.3 is 0 Å². The van der Waals surface area contributed by atoms with Gasteiger partial charge in [-0.15, -0.1) is 0 Å². The fourth-order valence-electron chi connectivity index (χ4n) is 2.49. The largest absolute Gasteiger partial charge is 0.496 e. The number of halogens is 1. The van der Waals surface area contributed by atoms with Crippen molar-refractivity contribution in [3.63, 3.8) is 0 Å². The second kappa shape index (κ2) is 8.60. The predicted molar refractivity (Wildman–Crippen MR) is 105 cm³/mol. The van der Waals surface area contributed by atoms with E-state index >= 15 is 0 Å². The van der Waals surface area contributed by atoms with Crippen molar-refractivity contribution in [3.8, 4) is 17.1 Å². The third kappa shape index (κ3) is 4.56. The van der Waals surface area contributed by atoms with Crippen LogP contribution in [0.3, 0.4) is 0 Å². The van der Waals surface area contributed by atoms with Crippen LogP contribution in [0.4, 0.5) is 0 Å². The number of benzene rings is 2. The SMILES string of the molecule is CNC(=O)c1cc(S(=O)(=O)NCc2nc(-c3ccccc3Cl)no2)ccc1OC. The number of hydrogen-bond acceptors (Lipinski definition) is 7. The van der Waals surface area contributed by atoms with Gasteiger partial charge in [-0.2, -0.15) is 4.98 Å². The van der Waals surface area contributed by atoms with E-state index in [2.05, 4.69) is 20.2 Å². The predicted octanol–water partition coefficient (Wildman–Crippen LogP) is 2.24. The maximum atomic E-state index is 12.6. The fourth-order valence-corrected chi connectivity index (χ4v) is 3.71. The molecule has 0 saturated carbocycles. The van der Waals surface area contributed by atoms with Crippen LogP contribution >= 0.6 is 11.6 Å². The summed E-state index contributed by atoms with van der Waals surface area (Å²) in [5, 5.41) is 6.70. The lowest BCUT2D eigenvalue weighted by Crippen LogP contribution is -2.24. The van der Waals surface area contributed by atoms with Crippen molar-refractivity contribution in [1.82, 2.24) is 20.2 Å². The summed E-state index contributed by atoms with van der Waals surface area (Å²) in [6.07, 6.45) is 0. The van der Waals surface area contributed by atoms with Crippen molar-refractivity contribution in [2.45, 2.75) is 11.4 Å². The van der Waals surface area contributed by atoms with Gasteiger partial charge in [-0.3, -0.25) is 4.79 Å². The Kier molecular flexibility index (Phi) is 6.16. The van der Waals surface area contributed by atoms with Gasteiger partial charge in [0.15, 0.2) is 0 Å². The molecule has 0 aliphatic heterocycles. The topological polar surface area (TPSA) is 123 Å². The first-order valence-electron chi connectivity index (χ1n) is 8.33. The lowest BCUT2D eigenvalue weighted by molar-refractivity contribution is 0.0960. The highest BCUT2D eigenvalue weighted by molar-refractivity contribution is 7.89. The second-order valence-electron chi connectivity index (χ2n) is 5.76. The fraction of sp³-hybridized carbons (Fsp3) is 0.167. The minimum Gasteiger partial charge on any atom is -0.496 e. The average Bonchev–Trinajstić information content (AvgIpc) is 3.20. The first kappa shape index (κ1) is 20.8. The number of nitrogens with zero attached hydrogens (tertiary/aromatic N) is 2. The van der Waals surface area contributed by atoms with Crippen LogP contribution in [0.15, 0.2) is 51.9 Å². The molecular weight excluding hydrogens is 420 g/mol. The molecule has 1 heterocycles. The molecule has 0 atom stereocenters. The summed E-state index contributed by atoms with van der Waals surface area (Å²) in [5.74, 6) is 0.0874. The molecule has 1 aromatic heterocycles. The number of hydrogen-bond donors (Lipinski definition) is 2. The third-order valence-electron chi connectivity index (χ3n) is 3.95. The zero-order valence-corrected chi connectivity index (χ0v) is 17.0. The Hall–Kier alpha value is -2.95. The van der Waals surface area contributed by atoms with E-state index < -0.39 is 15.9 Å². The summed E-state index contributed by atoms with van der Waals surface area (Å²) in [6.45, 7) is -0.235. The molecule has 2 aromatic carbocycles. The summed E-state index contributed by atoms with van der Waals surface area (Å²) in [4.78, 5) is 16.0. The quantitative estimate of drug-likeness (QED) is 0.582. The zero-order valence-electron chi connectivity index (χ0n) is 15.5. The molecule has 0 saturated heterocycles. The van der Waals surface area contributed by atoms with Gasteiger partial charge in [-0.25, -0.2) is 13.1 Å². The molecule has 11 heteroatoms. The van der Waals surface area contributed by atoms with Crippen LogP contribution in [0.2, 0.25) is 5.02 Å². The molecule has 3 rings (SSSR count). The van der Waals surface area contributed by atoms with E-state index in [1.54, 1.807) is 24.3 Å². The van der Waals surface area contributed by atoms with Crippen molar-refractivity contribution >= 4 is 27.5 Å². The van der Waals surface area contributed by atoms with Crippen LogP contribution in [-0.2, 0) is 16.6 Å². The molecule has 0 bridgehead atoms. The highest BCUT2D eigenvalue weighted by atomic mass is 35.5. The van der Waals surface area contributed by atoms with Gasteiger partial charge in [0.1, 0.15) is 5.75 Å². The molecule has 0 radical (unpaired) electrons. The smallest absolute Gasteiger partial charge is 0.254 e. The first-order chi connectivity index (χ1) is 13.9. The zero-order chi connectivity index (χ0) is 21.0. The normalized spacial score (nSPS) is 11.3. The molecule has 3 aromatic rings. The van der Waals surface area contributed by atoms with Crippen molar-refractivity contribution < 1.29 is 22.5 Å². The Morgan fingerprint density at radius 3 is 2.69 bits per heavy atom. The van der Waals surface area contributed by atoms with Crippen LogP contribution in [0.5, 0.6) is 5.75 Å². The number of ether oxygens (including phenoxy) is 1. The van der Waals surface area contributed by atoms with Gasteiger partial charge in [-0.05, 0) is 30.3 Å². The molecular formula is C18H17ClN4O5S. The van der Waals surface area contributed by atoms with Gasteiger partial charge in [0, 0.05) is 12.6 Å². The standard InChI is InChI=1S/C18H17ClN4O5S/c1-20-18(24)13-9-11(7-8-15(13)27-2)29(25,26)21-10-16-22-17(23-28-16)12-5-3-4-6-14(12)19/h3-9,21H,10H2,1-2H3,(H,20,24). The van der Waals surface area contributed by atoms with E-state index in [4.69, 9.17) is 20.9 Å². The maximum Gasteiger partial charge on any atom is 0.254 e. The van der Waals surface area contributed by atoms with Crippen LogP contribution in [0.25, 0.3) is 11.4 Å². The van der Waals surface area contributed by atoms with Crippen LogP contribution in [-0.4, -0.2) is 38.6 Å². The van der Waals surface area contributed by atoms with Crippen LogP contribution in [0.1, 0.15) is 16.2 Å². The van der Waals surface area contributed by atoms with Gasteiger partial charge in [0.05, 0.1) is 29.1 Å². The van der Waals surface area contributed by atoms with Crippen molar-refractivity contribution in [2.75, 3.05) is 14.2 Å². The van der Waals surface area contributed by atoms with E-state index in [1.165, 1.54) is 32.4 Å². The summed E-state index contributed by atoms with van der Waals surface area (Å²) in [7, 11) is -1.12. The Morgan fingerprint density at radius 1 is 1.24 bits per heavy atom. The summed E-state index contributed by atoms with van der Waals surface area (Å²) < 4.78 is 37.8. The van der Waals surface area contributed by atoms with E-state index in [0.29, 0.717) is 10.6 Å². The number of rotatable bonds is 7.